The Morgan fingerprint density at radius 2 is 1.95 bits per heavy atom. The van der Waals surface area contributed by atoms with Crippen molar-refractivity contribution in [3.63, 3.8) is 0 Å². The van der Waals surface area contributed by atoms with Crippen molar-refractivity contribution in [1.82, 2.24) is 4.90 Å². The summed E-state index contributed by atoms with van der Waals surface area (Å²) in [5.74, 6) is -0.0883. The molecule has 1 aliphatic heterocycles. The normalized spacial score (nSPS) is 17.8. The lowest BCUT2D eigenvalue weighted by Gasteiger charge is -2.31. The van der Waals surface area contributed by atoms with Crippen LogP contribution in [0.4, 0.5) is 0 Å². The van der Waals surface area contributed by atoms with Gasteiger partial charge < -0.3 is 19.5 Å². The topological polar surface area (TPSA) is 59.0 Å². The summed E-state index contributed by atoms with van der Waals surface area (Å²) in [5.41, 5.74) is 0. The molecule has 0 unspecified atom stereocenters. The molecule has 1 aliphatic rings. The van der Waals surface area contributed by atoms with Gasteiger partial charge in [0.1, 0.15) is 0 Å². The number of hydrogen-bond donors (Lipinski definition) is 1. The molecular formula is C15H29NO4. The minimum atomic E-state index is -0.791. The molecule has 5 heteroatoms. The van der Waals surface area contributed by atoms with E-state index in [0.717, 1.165) is 52.1 Å². The number of carboxylic acid groups (broad SMARTS) is 1. The van der Waals surface area contributed by atoms with Crippen LogP contribution < -0.4 is 0 Å². The smallest absolute Gasteiger partial charge is 0.305 e. The summed E-state index contributed by atoms with van der Waals surface area (Å²) in [6, 6.07) is 0. The van der Waals surface area contributed by atoms with Gasteiger partial charge in [-0.15, -0.1) is 0 Å². The molecule has 0 bridgehead atoms. The first kappa shape index (κ1) is 17.4. The number of nitrogens with zero attached hydrogens (tertiary/aromatic N) is 1. The number of carbonyl (C=O) groups is 1. The van der Waals surface area contributed by atoms with Gasteiger partial charge in [-0.25, -0.2) is 0 Å². The number of ether oxygens (including phenoxy) is 2. The van der Waals surface area contributed by atoms with E-state index in [1.54, 1.807) is 0 Å². The Hall–Kier alpha value is -0.650. The van der Waals surface area contributed by atoms with E-state index in [1.807, 2.05) is 0 Å². The predicted molar refractivity (Wildman–Crippen MR) is 77.9 cm³/mol. The fraction of sp³-hybridized carbons (Fsp3) is 0.933. The second-order valence-corrected chi connectivity index (χ2v) is 5.85. The second-order valence-electron chi connectivity index (χ2n) is 5.85. The number of hydrogen-bond acceptors (Lipinski definition) is 4. The molecule has 0 aromatic heterocycles. The van der Waals surface area contributed by atoms with Gasteiger partial charge >= 0.3 is 5.97 Å². The Balaban J connectivity index is 1.97. The average molecular weight is 287 g/mol. The highest BCUT2D eigenvalue weighted by atomic mass is 16.5. The molecule has 0 radical (unpaired) electrons. The molecule has 0 aromatic carbocycles. The summed E-state index contributed by atoms with van der Waals surface area (Å²) in [6.45, 7) is 9.43. The maximum atomic E-state index is 10.4. The SMILES string of the molecule is CC(C)CCOCCN1CCC(OCCC(=O)O)CC1. The van der Waals surface area contributed by atoms with Crippen molar-refractivity contribution >= 4 is 5.97 Å². The van der Waals surface area contributed by atoms with E-state index in [-0.39, 0.29) is 12.5 Å². The third-order valence-corrected chi connectivity index (χ3v) is 3.60. The average Bonchev–Trinajstić information content (AvgIpc) is 2.39. The van der Waals surface area contributed by atoms with Crippen LogP contribution in [0.3, 0.4) is 0 Å². The van der Waals surface area contributed by atoms with Crippen molar-refractivity contribution in [3.05, 3.63) is 0 Å². The molecule has 1 heterocycles. The largest absolute Gasteiger partial charge is 0.481 e. The fourth-order valence-corrected chi connectivity index (χ4v) is 2.23. The Bertz CT molecular complexity index is 263. The van der Waals surface area contributed by atoms with Crippen molar-refractivity contribution in [2.45, 2.75) is 45.6 Å². The summed E-state index contributed by atoms with van der Waals surface area (Å²) in [6.07, 6.45) is 3.44. The first-order valence-corrected chi connectivity index (χ1v) is 7.71. The van der Waals surface area contributed by atoms with E-state index in [4.69, 9.17) is 14.6 Å². The van der Waals surface area contributed by atoms with E-state index in [0.29, 0.717) is 12.5 Å². The van der Waals surface area contributed by atoms with E-state index >= 15 is 0 Å². The van der Waals surface area contributed by atoms with Crippen LogP contribution in [-0.2, 0) is 14.3 Å². The second kappa shape index (κ2) is 10.1. The van der Waals surface area contributed by atoms with Crippen LogP contribution in [0.15, 0.2) is 0 Å². The first-order chi connectivity index (χ1) is 9.58. The molecule has 0 spiro atoms. The van der Waals surface area contributed by atoms with Gasteiger partial charge in [0.05, 0.1) is 25.7 Å². The number of rotatable bonds is 10. The Kier molecular flexibility index (Phi) is 8.82. The number of aliphatic carboxylic acids is 1. The van der Waals surface area contributed by atoms with E-state index < -0.39 is 5.97 Å². The maximum Gasteiger partial charge on any atom is 0.305 e. The molecule has 1 rings (SSSR count). The van der Waals surface area contributed by atoms with Crippen LogP contribution in [0.25, 0.3) is 0 Å². The number of carboxylic acids is 1. The van der Waals surface area contributed by atoms with Crippen molar-refractivity contribution in [3.8, 4) is 0 Å². The summed E-state index contributed by atoms with van der Waals surface area (Å²) >= 11 is 0. The lowest BCUT2D eigenvalue weighted by Crippen LogP contribution is -2.39. The monoisotopic (exact) mass is 287 g/mol. The highest BCUT2D eigenvalue weighted by Gasteiger charge is 2.19. The summed E-state index contributed by atoms with van der Waals surface area (Å²) in [4.78, 5) is 12.8. The standard InChI is InChI=1S/C15H29NO4/c1-13(2)5-10-19-12-9-16-7-3-14(4-8-16)20-11-6-15(17)18/h13-14H,3-12H2,1-2H3,(H,17,18). The van der Waals surface area contributed by atoms with Gasteiger partial charge in [0.15, 0.2) is 0 Å². The zero-order valence-electron chi connectivity index (χ0n) is 12.8. The summed E-state index contributed by atoms with van der Waals surface area (Å²) in [7, 11) is 0. The number of piperidine rings is 1. The summed E-state index contributed by atoms with van der Waals surface area (Å²) in [5, 5.41) is 8.56. The van der Waals surface area contributed by atoms with Crippen LogP contribution in [-0.4, -0.2) is 61.5 Å². The molecule has 5 nitrogen and oxygen atoms in total. The molecule has 0 aliphatic carbocycles. The van der Waals surface area contributed by atoms with Crippen LogP contribution in [0.2, 0.25) is 0 Å². The van der Waals surface area contributed by atoms with Crippen molar-refractivity contribution in [2.75, 3.05) is 39.5 Å². The molecule has 20 heavy (non-hydrogen) atoms. The lowest BCUT2D eigenvalue weighted by atomic mass is 10.1. The zero-order valence-corrected chi connectivity index (χ0v) is 12.8. The maximum absolute atomic E-state index is 10.4. The van der Waals surface area contributed by atoms with Gasteiger partial charge in [-0.3, -0.25) is 4.79 Å². The van der Waals surface area contributed by atoms with Crippen molar-refractivity contribution in [1.29, 1.82) is 0 Å². The van der Waals surface area contributed by atoms with Gasteiger partial charge in [-0.05, 0) is 25.2 Å². The third kappa shape index (κ3) is 8.51. The highest BCUT2D eigenvalue weighted by Crippen LogP contribution is 2.13. The predicted octanol–water partition coefficient (Wildman–Crippen LogP) is 2.00. The summed E-state index contributed by atoms with van der Waals surface area (Å²) < 4.78 is 11.2. The van der Waals surface area contributed by atoms with Crippen LogP contribution in [0.5, 0.6) is 0 Å². The van der Waals surface area contributed by atoms with E-state index in [2.05, 4.69) is 18.7 Å². The lowest BCUT2D eigenvalue weighted by molar-refractivity contribution is -0.138. The van der Waals surface area contributed by atoms with Gasteiger partial charge in [-0.2, -0.15) is 0 Å². The van der Waals surface area contributed by atoms with Gasteiger partial charge in [0, 0.05) is 26.2 Å². The highest BCUT2D eigenvalue weighted by molar-refractivity contribution is 5.66. The van der Waals surface area contributed by atoms with Crippen LogP contribution >= 0.6 is 0 Å². The Morgan fingerprint density at radius 3 is 2.55 bits per heavy atom. The van der Waals surface area contributed by atoms with Gasteiger partial charge in [-0.1, -0.05) is 13.8 Å². The van der Waals surface area contributed by atoms with Gasteiger partial charge in [0.25, 0.3) is 0 Å². The number of likely N-dealkylation sites (tertiary alicyclic amines) is 1. The molecule has 1 saturated heterocycles. The van der Waals surface area contributed by atoms with Crippen molar-refractivity contribution in [2.24, 2.45) is 5.92 Å². The fourth-order valence-electron chi connectivity index (χ4n) is 2.23. The molecule has 118 valence electrons. The molecular weight excluding hydrogens is 258 g/mol. The van der Waals surface area contributed by atoms with Crippen LogP contribution in [0, 0.1) is 5.92 Å². The third-order valence-electron chi connectivity index (χ3n) is 3.60. The molecule has 1 N–H and O–H groups in total. The Labute approximate surface area is 122 Å². The van der Waals surface area contributed by atoms with E-state index in [1.165, 1.54) is 0 Å². The van der Waals surface area contributed by atoms with Crippen LogP contribution in [0.1, 0.15) is 39.5 Å². The minimum absolute atomic E-state index is 0.101. The first-order valence-electron chi connectivity index (χ1n) is 7.71. The minimum Gasteiger partial charge on any atom is -0.481 e. The molecule has 0 saturated carbocycles. The quantitative estimate of drug-likeness (QED) is 0.623. The molecule has 0 atom stereocenters. The molecule has 0 aromatic rings. The zero-order chi connectivity index (χ0) is 14.8. The van der Waals surface area contributed by atoms with E-state index in [9.17, 15) is 4.79 Å². The molecule has 0 amide bonds. The van der Waals surface area contributed by atoms with Gasteiger partial charge in [0.2, 0.25) is 0 Å². The van der Waals surface area contributed by atoms with Crippen molar-refractivity contribution < 1.29 is 19.4 Å². The Morgan fingerprint density at radius 1 is 1.25 bits per heavy atom. The molecule has 1 fully saturated rings.